The Balaban J connectivity index is 2.12. The van der Waals surface area contributed by atoms with E-state index < -0.39 is 17.7 Å². The zero-order valence-corrected chi connectivity index (χ0v) is 8.75. The van der Waals surface area contributed by atoms with Gasteiger partial charge < -0.3 is 15.8 Å². The molecule has 1 saturated heterocycles. The summed E-state index contributed by atoms with van der Waals surface area (Å²) in [6.45, 7) is 2.00. The van der Waals surface area contributed by atoms with Gasteiger partial charge in [0, 0.05) is 13.1 Å². The molecule has 0 radical (unpaired) electrons. The molecule has 1 aliphatic rings. The van der Waals surface area contributed by atoms with E-state index in [-0.39, 0.29) is 6.10 Å². The molecule has 0 amide bonds. The van der Waals surface area contributed by atoms with E-state index >= 15 is 0 Å². The number of hydrogen-bond donors (Lipinski definition) is 2. The summed E-state index contributed by atoms with van der Waals surface area (Å²) in [5.74, 6) is -1.74. The second-order valence-electron chi connectivity index (χ2n) is 3.81. The second kappa shape index (κ2) is 4.86. The normalized spacial score (nSPS) is 23.1. The molecule has 1 aliphatic heterocycles. The summed E-state index contributed by atoms with van der Waals surface area (Å²) in [6, 6.07) is 3.25. The SMILES string of the molecule is NC(c1ccc(F)c(F)c1)C1CNCCO1. The molecular weight excluding hydrogens is 214 g/mol. The summed E-state index contributed by atoms with van der Waals surface area (Å²) < 4.78 is 31.2. The third-order valence-electron chi connectivity index (χ3n) is 2.69. The lowest BCUT2D eigenvalue weighted by molar-refractivity contribution is 0.0121. The van der Waals surface area contributed by atoms with Crippen molar-refractivity contribution in [3.63, 3.8) is 0 Å². The lowest BCUT2D eigenvalue weighted by atomic mass is 10.0. The summed E-state index contributed by atoms with van der Waals surface area (Å²) in [5.41, 5.74) is 6.48. The lowest BCUT2D eigenvalue weighted by Gasteiger charge is -2.28. The highest BCUT2D eigenvalue weighted by Gasteiger charge is 2.23. The standard InChI is InChI=1S/C11H14F2N2O/c12-8-2-1-7(5-9(8)13)11(14)10-6-15-3-4-16-10/h1-2,5,10-11,15H,3-4,6,14H2. The van der Waals surface area contributed by atoms with Gasteiger partial charge in [0.1, 0.15) is 0 Å². The smallest absolute Gasteiger partial charge is 0.159 e. The van der Waals surface area contributed by atoms with Crippen LogP contribution < -0.4 is 11.1 Å². The van der Waals surface area contributed by atoms with Crippen molar-refractivity contribution < 1.29 is 13.5 Å². The number of morpholine rings is 1. The molecule has 0 aliphatic carbocycles. The molecule has 3 N–H and O–H groups in total. The maximum atomic E-state index is 13.0. The van der Waals surface area contributed by atoms with Crippen LogP contribution in [0.15, 0.2) is 18.2 Å². The van der Waals surface area contributed by atoms with E-state index in [1.165, 1.54) is 6.07 Å². The van der Waals surface area contributed by atoms with E-state index in [4.69, 9.17) is 10.5 Å². The van der Waals surface area contributed by atoms with Crippen LogP contribution in [-0.4, -0.2) is 25.8 Å². The van der Waals surface area contributed by atoms with Crippen molar-refractivity contribution in [2.45, 2.75) is 12.1 Å². The third-order valence-corrected chi connectivity index (χ3v) is 2.69. The molecule has 0 bridgehead atoms. The molecule has 1 aromatic rings. The number of benzene rings is 1. The minimum absolute atomic E-state index is 0.196. The fraction of sp³-hybridized carbons (Fsp3) is 0.455. The summed E-state index contributed by atoms with van der Waals surface area (Å²) in [5, 5.41) is 3.14. The number of nitrogens with two attached hydrogens (primary N) is 1. The van der Waals surface area contributed by atoms with E-state index in [2.05, 4.69) is 5.32 Å². The first-order valence-electron chi connectivity index (χ1n) is 5.21. The first-order chi connectivity index (χ1) is 7.68. The predicted molar refractivity (Wildman–Crippen MR) is 55.9 cm³/mol. The quantitative estimate of drug-likeness (QED) is 0.792. The minimum atomic E-state index is -0.878. The summed E-state index contributed by atoms with van der Waals surface area (Å²) in [4.78, 5) is 0. The molecule has 0 saturated carbocycles. The van der Waals surface area contributed by atoms with Gasteiger partial charge >= 0.3 is 0 Å². The largest absolute Gasteiger partial charge is 0.374 e. The molecule has 2 atom stereocenters. The molecule has 88 valence electrons. The first-order valence-corrected chi connectivity index (χ1v) is 5.21. The molecule has 5 heteroatoms. The van der Waals surface area contributed by atoms with E-state index in [0.29, 0.717) is 18.7 Å². The Morgan fingerprint density at radius 1 is 1.38 bits per heavy atom. The Morgan fingerprint density at radius 3 is 2.81 bits per heavy atom. The highest BCUT2D eigenvalue weighted by Crippen LogP contribution is 2.19. The van der Waals surface area contributed by atoms with E-state index in [1.54, 1.807) is 0 Å². The fourth-order valence-electron chi connectivity index (χ4n) is 1.75. The molecule has 2 unspecified atom stereocenters. The number of ether oxygens (including phenoxy) is 1. The van der Waals surface area contributed by atoms with Gasteiger partial charge in [0.05, 0.1) is 18.8 Å². The second-order valence-corrected chi connectivity index (χ2v) is 3.81. The molecule has 1 fully saturated rings. The Bertz CT molecular complexity index is 367. The highest BCUT2D eigenvalue weighted by molar-refractivity contribution is 5.22. The molecule has 16 heavy (non-hydrogen) atoms. The van der Waals surface area contributed by atoms with Crippen LogP contribution in [0.25, 0.3) is 0 Å². The van der Waals surface area contributed by atoms with Crippen LogP contribution in [0.5, 0.6) is 0 Å². The van der Waals surface area contributed by atoms with Gasteiger partial charge in [-0.2, -0.15) is 0 Å². The van der Waals surface area contributed by atoms with Crippen LogP contribution in [-0.2, 0) is 4.74 Å². The zero-order valence-electron chi connectivity index (χ0n) is 8.75. The molecule has 0 aromatic heterocycles. The molecule has 0 spiro atoms. The van der Waals surface area contributed by atoms with Crippen molar-refractivity contribution in [1.29, 1.82) is 0 Å². The molecular formula is C11H14F2N2O. The minimum Gasteiger partial charge on any atom is -0.374 e. The van der Waals surface area contributed by atoms with Crippen molar-refractivity contribution in [3.05, 3.63) is 35.4 Å². The Labute approximate surface area is 92.6 Å². The molecule has 1 heterocycles. The topological polar surface area (TPSA) is 47.3 Å². The highest BCUT2D eigenvalue weighted by atomic mass is 19.2. The Kier molecular flexibility index (Phi) is 3.48. The Hall–Kier alpha value is -1.04. The number of halogens is 2. The van der Waals surface area contributed by atoms with Gasteiger partial charge in [-0.15, -0.1) is 0 Å². The van der Waals surface area contributed by atoms with Gasteiger partial charge in [-0.1, -0.05) is 6.07 Å². The van der Waals surface area contributed by atoms with Crippen molar-refractivity contribution in [2.24, 2.45) is 5.73 Å². The van der Waals surface area contributed by atoms with Crippen LogP contribution in [0.4, 0.5) is 8.78 Å². The van der Waals surface area contributed by atoms with Crippen LogP contribution in [0, 0.1) is 11.6 Å². The van der Waals surface area contributed by atoms with Gasteiger partial charge in [0.25, 0.3) is 0 Å². The monoisotopic (exact) mass is 228 g/mol. The maximum absolute atomic E-state index is 13.0. The fourth-order valence-corrected chi connectivity index (χ4v) is 1.75. The number of hydrogen-bond acceptors (Lipinski definition) is 3. The van der Waals surface area contributed by atoms with Gasteiger partial charge in [0.2, 0.25) is 0 Å². The average Bonchev–Trinajstić information content (AvgIpc) is 2.33. The van der Waals surface area contributed by atoms with Gasteiger partial charge in [0.15, 0.2) is 11.6 Å². The van der Waals surface area contributed by atoms with Crippen molar-refractivity contribution in [2.75, 3.05) is 19.7 Å². The van der Waals surface area contributed by atoms with Crippen LogP contribution in [0.3, 0.4) is 0 Å². The molecule has 2 rings (SSSR count). The molecule has 3 nitrogen and oxygen atoms in total. The van der Waals surface area contributed by atoms with Crippen LogP contribution in [0.1, 0.15) is 11.6 Å². The number of nitrogens with one attached hydrogen (secondary N) is 1. The maximum Gasteiger partial charge on any atom is 0.159 e. The summed E-state index contributed by atoms with van der Waals surface area (Å²) >= 11 is 0. The van der Waals surface area contributed by atoms with Crippen LogP contribution in [0.2, 0.25) is 0 Å². The summed E-state index contributed by atoms with van der Waals surface area (Å²) in [7, 11) is 0. The van der Waals surface area contributed by atoms with Crippen molar-refractivity contribution >= 4 is 0 Å². The first kappa shape index (κ1) is 11.4. The number of rotatable bonds is 2. The zero-order chi connectivity index (χ0) is 11.5. The Morgan fingerprint density at radius 2 is 2.19 bits per heavy atom. The van der Waals surface area contributed by atoms with E-state index in [1.807, 2.05) is 0 Å². The predicted octanol–water partition coefficient (Wildman–Crippen LogP) is 0.953. The van der Waals surface area contributed by atoms with Crippen molar-refractivity contribution in [3.8, 4) is 0 Å². The van der Waals surface area contributed by atoms with Gasteiger partial charge in [-0.3, -0.25) is 0 Å². The van der Waals surface area contributed by atoms with Crippen LogP contribution >= 0.6 is 0 Å². The lowest BCUT2D eigenvalue weighted by Crippen LogP contribution is -2.44. The van der Waals surface area contributed by atoms with E-state index in [9.17, 15) is 8.78 Å². The van der Waals surface area contributed by atoms with Gasteiger partial charge in [-0.05, 0) is 17.7 Å². The van der Waals surface area contributed by atoms with Gasteiger partial charge in [-0.25, -0.2) is 8.78 Å². The van der Waals surface area contributed by atoms with Crippen molar-refractivity contribution in [1.82, 2.24) is 5.32 Å². The summed E-state index contributed by atoms with van der Waals surface area (Å²) in [6.07, 6.45) is -0.196. The average molecular weight is 228 g/mol. The molecule has 1 aromatic carbocycles. The van der Waals surface area contributed by atoms with E-state index in [0.717, 1.165) is 18.7 Å². The third kappa shape index (κ3) is 2.37.